The molecule has 1 saturated heterocycles. The second-order valence-corrected chi connectivity index (χ2v) is 6.43. The summed E-state index contributed by atoms with van der Waals surface area (Å²) in [6.45, 7) is 10.1. The molecule has 0 aliphatic carbocycles. The summed E-state index contributed by atoms with van der Waals surface area (Å²) in [4.78, 5) is 16.9. The minimum atomic E-state index is 0.0707. The van der Waals surface area contributed by atoms with Crippen molar-refractivity contribution in [3.05, 3.63) is 35.9 Å². The van der Waals surface area contributed by atoms with E-state index >= 15 is 0 Å². The molecule has 1 atom stereocenters. The van der Waals surface area contributed by atoms with Gasteiger partial charge in [0.1, 0.15) is 0 Å². The SMILES string of the molecule is CCCN(Cc1ccccc1)C(=O)NC1CCN(C(C)C)C1. The molecule has 0 bridgehead atoms. The maximum Gasteiger partial charge on any atom is 0.317 e. The number of nitrogens with one attached hydrogen (secondary N) is 1. The van der Waals surface area contributed by atoms with Crippen molar-refractivity contribution in [1.29, 1.82) is 0 Å². The largest absolute Gasteiger partial charge is 0.334 e. The van der Waals surface area contributed by atoms with Crippen LogP contribution in [-0.4, -0.2) is 47.5 Å². The normalized spacial score (nSPS) is 18.6. The van der Waals surface area contributed by atoms with Crippen LogP contribution in [0.2, 0.25) is 0 Å². The Hall–Kier alpha value is -1.55. The zero-order chi connectivity index (χ0) is 15.9. The summed E-state index contributed by atoms with van der Waals surface area (Å²) in [7, 11) is 0. The van der Waals surface area contributed by atoms with E-state index < -0.39 is 0 Å². The van der Waals surface area contributed by atoms with Crippen LogP contribution in [0.5, 0.6) is 0 Å². The number of carbonyl (C=O) groups is 1. The van der Waals surface area contributed by atoms with Crippen LogP contribution in [0, 0.1) is 0 Å². The average molecular weight is 303 g/mol. The van der Waals surface area contributed by atoms with Crippen LogP contribution in [-0.2, 0) is 6.54 Å². The zero-order valence-corrected chi connectivity index (χ0v) is 14.1. The highest BCUT2D eigenvalue weighted by Gasteiger charge is 2.26. The van der Waals surface area contributed by atoms with Crippen molar-refractivity contribution in [1.82, 2.24) is 15.1 Å². The van der Waals surface area contributed by atoms with E-state index in [9.17, 15) is 4.79 Å². The fourth-order valence-corrected chi connectivity index (χ4v) is 2.97. The first-order chi connectivity index (χ1) is 10.6. The highest BCUT2D eigenvalue weighted by atomic mass is 16.2. The number of amides is 2. The Morgan fingerprint density at radius 1 is 1.36 bits per heavy atom. The lowest BCUT2D eigenvalue weighted by Gasteiger charge is -2.25. The molecule has 1 aliphatic rings. The number of benzene rings is 1. The minimum absolute atomic E-state index is 0.0707. The molecular weight excluding hydrogens is 274 g/mol. The van der Waals surface area contributed by atoms with Crippen molar-refractivity contribution in [3.63, 3.8) is 0 Å². The molecule has 1 aliphatic heterocycles. The first-order valence-electron chi connectivity index (χ1n) is 8.43. The smallest absolute Gasteiger partial charge is 0.317 e. The van der Waals surface area contributed by atoms with E-state index in [1.165, 1.54) is 5.56 Å². The molecule has 0 aromatic heterocycles. The van der Waals surface area contributed by atoms with Crippen molar-refractivity contribution in [2.75, 3.05) is 19.6 Å². The van der Waals surface area contributed by atoms with Crippen molar-refractivity contribution in [2.24, 2.45) is 0 Å². The first kappa shape index (κ1) is 16.8. The second-order valence-electron chi connectivity index (χ2n) is 6.43. The Morgan fingerprint density at radius 3 is 2.68 bits per heavy atom. The van der Waals surface area contributed by atoms with Crippen molar-refractivity contribution in [3.8, 4) is 0 Å². The third-order valence-corrected chi connectivity index (χ3v) is 4.27. The molecule has 2 amide bonds. The topological polar surface area (TPSA) is 35.6 Å². The molecule has 1 N–H and O–H groups in total. The molecule has 1 heterocycles. The fourth-order valence-electron chi connectivity index (χ4n) is 2.97. The van der Waals surface area contributed by atoms with Crippen molar-refractivity contribution in [2.45, 2.75) is 52.2 Å². The molecule has 4 nitrogen and oxygen atoms in total. The lowest BCUT2D eigenvalue weighted by molar-refractivity contribution is 0.189. The number of likely N-dealkylation sites (tertiary alicyclic amines) is 1. The van der Waals surface area contributed by atoms with Gasteiger partial charge in [0.05, 0.1) is 0 Å². The Labute approximate surface area is 134 Å². The molecule has 2 rings (SSSR count). The molecule has 0 saturated carbocycles. The first-order valence-corrected chi connectivity index (χ1v) is 8.43. The van der Waals surface area contributed by atoms with Crippen LogP contribution in [0.3, 0.4) is 0 Å². The predicted molar refractivity (Wildman–Crippen MR) is 90.8 cm³/mol. The average Bonchev–Trinajstić information content (AvgIpc) is 2.96. The van der Waals surface area contributed by atoms with E-state index in [-0.39, 0.29) is 12.1 Å². The van der Waals surface area contributed by atoms with E-state index in [1.807, 2.05) is 23.1 Å². The van der Waals surface area contributed by atoms with E-state index in [4.69, 9.17) is 0 Å². The summed E-state index contributed by atoms with van der Waals surface area (Å²) in [6, 6.07) is 11.1. The van der Waals surface area contributed by atoms with E-state index in [0.29, 0.717) is 12.6 Å². The number of hydrogen-bond donors (Lipinski definition) is 1. The molecule has 0 radical (unpaired) electrons. The summed E-state index contributed by atoms with van der Waals surface area (Å²) >= 11 is 0. The van der Waals surface area contributed by atoms with Gasteiger partial charge in [-0.1, -0.05) is 37.3 Å². The molecule has 1 fully saturated rings. The van der Waals surface area contributed by atoms with Crippen LogP contribution >= 0.6 is 0 Å². The van der Waals surface area contributed by atoms with Crippen LogP contribution in [0.4, 0.5) is 4.79 Å². The summed E-state index contributed by atoms with van der Waals surface area (Å²) in [6.07, 6.45) is 2.03. The summed E-state index contributed by atoms with van der Waals surface area (Å²) < 4.78 is 0. The number of rotatable bonds is 6. The van der Waals surface area contributed by atoms with Gasteiger partial charge in [-0.2, -0.15) is 0 Å². The molecule has 1 aromatic rings. The van der Waals surface area contributed by atoms with Crippen LogP contribution in [0.15, 0.2) is 30.3 Å². The monoisotopic (exact) mass is 303 g/mol. The van der Waals surface area contributed by atoms with Crippen molar-refractivity contribution >= 4 is 6.03 Å². The standard InChI is InChI=1S/C18H29N3O/c1-4-11-21(13-16-8-6-5-7-9-16)18(22)19-17-10-12-20(14-17)15(2)3/h5-9,15,17H,4,10-14H2,1-3H3,(H,19,22). The maximum atomic E-state index is 12.6. The third-order valence-electron chi connectivity index (χ3n) is 4.27. The summed E-state index contributed by atoms with van der Waals surface area (Å²) in [5, 5.41) is 3.21. The van der Waals surface area contributed by atoms with Crippen LogP contribution < -0.4 is 5.32 Å². The number of nitrogens with zero attached hydrogens (tertiary/aromatic N) is 2. The van der Waals surface area contributed by atoms with Gasteiger partial charge in [-0.25, -0.2) is 4.79 Å². The van der Waals surface area contributed by atoms with Gasteiger partial charge in [0.25, 0.3) is 0 Å². The van der Waals surface area contributed by atoms with Crippen molar-refractivity contribution < 1.29 is 4.79 Å². The zero-order valence-electron chi connectivity index (χ0n) is 14.1. The number of urea groups is 1. The molecular formula is C18H29N3O. The predicted octanol–water partition coefficient (Wildman–Crippen LogP) is 3.09. The lowest BCUT2D eigenvalue weighted by atomic mass is 10.2. The van der Waals surface area contributed by atoms with Gasteiger partial charge in [0.15, 0.2) is 0 Å². The van der Waals surface area contributed by atoms with Gasteiger partial charge in [0, 0.05) is 38.3 Å². The van der Waals surface area contributed by atoms with Crippen LogP contribution in [0.25, 0.3) is 0 Å². The molecule has 0 spiro atoms. The number of hydrogen-bond acceptors (Lipinski definition) is 2. The Kier molecular flexibility index (Phi) is 6.25. The quantitative estimate of drug-likeness (QED) is 0.876. The highest BCUT2D eigenvalue weighted by Crippen LogP contribution is 2.13. The van der Waals surface area contributed by atoms with Crippen LogP contribution in [0.1, 0.15) is 39.2 Å². The van der Waals surface area contributed by atoms with Gasteiger partial charge >= 0.3 is 6.03 Å². The minimum Gasteiger partial charge on any atom is -0.334 e. The Bertz CT molecular complexity index is 461. The molecule has 4 heteroatoms. The van der Waals surface area contributed by atoms with Gasteiger partial charge in [0.2, 0.25) is 0 Å². The molecule has 1 unspecified atom stereocenters. The molecule has 122 valence electrons. The molecule has 22 heavy (non-hydrogen) atoms. The van der Waals surface area contributed by atoms with Gasteiger partial charge < -0.3 is 10.2 Å². The maximum absolute atomic E-state index is 12.6. The molecule has 1 aromatic carbocycles. The van der Waals surface area contributed by atoms with E-state index in [1.54, 1.807) is 0 Å². The summed E-state index contributed by atoms with van der Waals surface area (Å²) in [5.41, 5.74) is 1.18. The Balaban J connectivity index is 1.90. The lowest BCUT2D eigenvalue weighted by Crippen LogP contribution is -2.46. The van der Waals surface area contributed by atoms with Gasteiger partial charge in [-0.05, 0) is 32.3 Å². The third kappa shape index (κ3) is 4.73. The van der Waals surface area contributed by atoms with E-state index in [0.717, 1.165) is 32.5 Å². The van der Waals surface area contributed by atoms with Gasteiger partial charge in [-0.3, -0.25) is 4.90 Å². The highest BCUT2D eigenvalue weighted by molar-refractivity contribution is 5.74. The Morgan fingerprint density at radius 2 is 2.09 bits per heavy atom. The second kappa shape index (κ2) is 8.18. The number of carbonyl (C=O) groups excluding carboxylic acids is 1. The van der Waals surface area contributed by atoms with Gasteiger partial charge in [-0.15, -0.1) is 0 Å². The fraction of sp³-hybridized carbons (Fsp3) is 0.611. The summed E-state index contributed by atoms with van der Waals surface area (Å²) in [5.74, 6) is 0. The van der Waals surface area contributed by atoms with E-state index in [2.05, 4.69) is 43.1 Å².